The third-order valence-corrected chi connectivity index (χ3v) is 5.47. The molecule has 0 spiro atoms. The standard InChI is InChI=1S/C27H32FN3O/c1-5-15-30(16-6-2)26-14-9-22(18-29-26)19-31(24-12-10-23(28)11-13-24)27(32)25-17-20(3)7-8-21(25)4/h7-14,17-18H,5-6,15-16,19H2,1-4H3. The maximum Gasteiger partial charge on any atom is 0.258 e. The Kier molecular flexibility index (Phi) is 7.98. The molecule has 0 aliphatic carbocycles. The molecular formula is C27H32FN3O. The number of rotatable bonds is 9. The van der Waals surface area contributed by atoms with Crippen LogP contribution in [0.4, 0.5) is 15.9 Å². The van der Waals surface area contributed by atoms with E-state index in [1.165, 1.54) is 12.1 Å². The first kappa shape index (κ1) is 23.5. The van der Waals surface area contributed by atoms with Gasteiger partial charge in [0.1, 0.15) is 11.6 Å². The van der Waals surface area contributed by atoms with E-state index in [1.54, 1.807) is 17.0 Å². The van der Waals surface area contributed by atoms with Crippen LogP contribution in [0.1, 0.15) is 53.7 Å². The largest absolute Gasteiger partial charge is 0.357 e. The van der Waals surface area contributed by atoms with Crippen LogP contribution < -0.4 is 9.80 Å². The Morgan fingerprint density at radius 1 is 0.938 bits per heavy atom. The summed E-state index contributed by atoms with van der Waals surface area (Å²) in [5.41, 5.74) is 4.16. The van der Waals surface area contributed by atoms with Crippen LogP contribution in [-0.4, -0.2) is 24.0 Å². The van der Waals surface area contributed by atoms with Crippen molar-refractivity contribution in [1.29, 1.82) is 0 Å². The first-order valence-electron chi connectivity index (χ1n) is 11.3. The van der Waals surface area contributed by atoms with Gasteiger partial charge in [-0.25, -0.2) is 9.37 Å². The van der Waals surface area contributed by atoms with Crippen LogP contribution in [0.25, 0.3) is 0 Å². The highest BCUT2D eigenvalue weighted by Crippen LogP contribution is 2.23. The second-order valence-electron chi connectivity index (χ2n) is 8.20. The smallest absolute Gasteiger partial charge is 0.258 e. The lowest BCUT2D eigenvalue weighted by Crippen LogP contribution is -2.31. The van der Waals surface area contributed by atoms with Crippen molar-refractivity contribution in [2.75, 3.05) is 22.9 Å². The lowest BCUT2D eigenvalue weighted by molar-refractivity contribution is 0.0984. The van der Waals surface area contributed by atoms with E-state index in [4.69, 9.17) is 0 Å². The van der Waals surface area contributed by atoms with Gasteiger partial charge in [0.15, 0.2) is 0 Å². The normalized spacial score (nSPS) is 10.8. The third kappa shape index (κ3) is 5.72. The summed E-state index contributed by atoms with van der Waals surface area (Å²) in [6.07, 6.45) is 3.96. The minimum absolute atomic E-state index is 0.111. The molecule has 32 heavy (non-hydrogen) atoms. The lowest BCUT2D eigenvalue weighted by atomic mass is 10.0. The molecular weight excluding hydrogens is 401 g/mol. The molecule has 0 aliphatic heterocycles. The number of halogens is 1. The molecule has 4 nitrogen and oxygen atoms in total. The quantitative estimate of drug-likeness (QED) is 0.397. The molecule has 1 amide bonds. The summed E-state index contributed by atoms with van der Waals surface area (Å²) in [6, 6.07) is 15.9. The van der Waals surface area contributed by atoms with Gasteiger partial charge in [-0.3, -0.25) is 4.79 Å². The minimum atomic E-state index is -0.328. The van der Waals surface area contributed by atoms with Gasteiger partial charge in [0.25, 0.3) is 5.91 Å². The fourth-order valence-electron chi connectivity index (χ4n) is 3.77. The average Bonchev–Trinajstić information content (AvgIpc) is 2.80. The number of aromatic nitrogens is 1. The van der Waals surface area contributed by atoms with E-state index >= 15 is 0 Å². The summed E-state index contributed by atoms with van der Waals surface area (Å²) >= 11 is 0. The Morgan fingerprint density at radius 2 is 1.62 bits per heavy atom. The Labute approximate surface area is 190 Å². The van der Waals surface area contributed by atoms with Crippen molar-refractivity contribution in [3.63, 3.8) is 0 Å². The van der Waals surface area contributed by atoms with Crippen molar-refractivity contribution in [2.24, 2.45) is 0 Å². The number of pyridine rings is 1. The first-order chi connectivity index (χ1) is 15.4. The number of hydrogen-bond acceptors (Lipinski definition) is 3. The molecule has 3 rings (SSSR count). The van der Waals surface area contributed by atoms with Gasteiger partial charge < -0.3 is 9.80 Å². The van der Waals surface area contributed by atoms with Crippen LogP contribution in [-0.2, 0) is 6.54 Å². The van der Waals surface area contributed by atoms with Gasteiger partial charge in [-0.05, 0) is 74.2 Å². The topological polar surface area (TPSA) is 36.4 Å². The molecule has 0 atom stereocenters. The van der Waals surface area contributed by atoms with Crippen LogP contribution in [0.2, 0.25) is 0 Å². The van der Waals surface area contributed by atoms with Crippen molar-refractivity contribution in [2.45, 2.75) is 47.1 Å². The van der Waals surface area contributed by atoms with Gasteiger partial charge in [-0.15, -0.1) is 0 Å². The van der Waals surface area contributed by atoms with Gasteiger partial charge in [-0.2, -0.15) is 0 Å². The number of carbonyl (C=O) groups excluding carboxylic acids is 1. The molecule has 0 aliphatic rings. The monoisotopic (exact) mass is 433 g/mol. The van der Waals surface area contributed by atoms with Gasteiger partial charge in [0.05, 0.1) is 6.54 Å². The second-order valence-corrected chi connectivity index (χ2v) is 8.20. The maximum atomic E-state index is 13.6. The SMILES string of the molecule is CCCN(CCC)c1ccc(CN(C(=O)c2cc(C)ccc2C)c2ccc(F)cc2)cn1. The number of carbonyl (C=O) groups is 1. The molecule has 3 aromatic rings. The number of nitrogens with zero attached hydrogens (tertiary/aromatic N) is 3. The van der Waals surface area contributed by atoms with Crippen molar-refractivity contribution in [1.82, 2.24) is 4.98 Å². The minimum Gasteiger partial charge on any atom is -0.357 e. The molecule has 0 bridgehead atoms. The molecule has 5 heteroatoms. The van der Waals surface area contributed by atoms with Crippen molar-refractivity contribution >= 4 is 17.4 Å². The molecule has 0 radical (unpaired) electrons. The van der Waals surface area contributed by atoms with E-state index in [0.717, 1.165) is 48.4 Å². The molecule has 168 valence electrons. The zero-order valence-electron chi connectivity index (χ0n) is 19.4. The fourth-order valence-corrected chi connectivity index (χ4v) is 3.77. The molecule has 0 fully saturated rings. The van der Waals surface area contributed by atoms with Gasteiger partial charge >= 0.3 is 0 Å². The number of hydrogen-bond donors (Lipinski definition) is 0. The summed E-state index contributed by atoms with van der Waals surface area (Å²) in [5.74, 6) is 0.512. The maximum absolute atomic E-state index is 13.6. The van der Waals surface area contributed by atoms with E-state index in [1.807, 2.05) is 50.4 Å². The van der Waals surface area contributed by atoms with Crippen molar-refractivity contribution < 1.29 is 9.18 Å². The van der Waals surface area contributed by atoms with Crippen molar-refractivity contribution in [3.8, 4) is 0 Å². The van der Waals surface area contributed by atoms with Gasteiger partial charge in [0.2, 0.25) is 0 Å². The highest BCUT2D eigenvalue weighted by Gasteiger charge is 2.20. The van der Waals surface area contributed by atoms with Gasteiger partial charge in [0, 0.05) is 30.5 Å². The summed E-state index contributed by atoms with van der Waals surface area (Å²) in [4.78, 5) is 22.2. The first-order valence-corrected chi connectivity index (χ1v) is 11.3. The highest BCUT2D eigenvalue weighted by atomic mass is 19.1. The Balaban J connectivity index is 1.91. The summed E-state index contributed by atoms with van der Waals surface area (Å²) in [7, 11) is 0. The third-order valence-electron chi connectivity index (χ3n) is 5.47. The van der Waals surface area contributed by atoms with Crippen LogP contribution in [0.3, 0.4) is 0 Å². The van der Waals surface area contributed by atoms with Crippen LogP contribution in [0.5, 0.6) is 0 Å². The van der Waals surface area contributed by atoms with Crippen LogP contribution in [0.15, 0.2) is 60.8 Å². The highest BCUT2D eigenvalue weighted by molar-refractivity contribution is 6.07. The molecule has 1 heterocycles. The molecule has 0 saturated carbocycles. The molecule has 0 N–H and O–H groups in total. The number of anilines is 2. The van der Waals surface area contributed by atoms with Gasteiger partial charge in [-0.1, -0.05) is 37.6 Å². The summed E-state index contributed by atoms with van der Waals surface area (Å²) < 4.78 is 13.5. The molecule has 2 aromatic carbocycles. The molecule has 1 aromatic heterocycles. The number of benzene rings is 2. The predicted molar refractivity (Wildman–Crippen MR) is 130 cm³/mol. The van der Waals surface area contributed by atoms with Crippen molar-refractivity contribution in [3.05, 3.63) is 88.9 Å². The number of aryl methyl sites for hydroxylation is 2. The summed E-state index contributed by atoms with van der Waals surface area (Å²) in [5, 5.41) is 0. The average molecular weight is 434 g/mol. The lowest BCUT2D eigenvalue weighted by Gasteiger charge is -2.25. The second kappa shape index (κ2) is 10.9. The molecule has 0 saturated heterocycles. The Hall–Kier alpha value is -3.21. The van der Waals surface area contributed by atoms with E-state index in [0.29, 0.717) is 17.8 Å². The predicted octanol–water partition coefficient (Wildman–Crippen LogP) is 6.31. The van der Waals surface area contributed by atoms with E-state index < -0.39 is 0 Å². The van der Waals surface area contributed by atoms with Crippen LogP contribution >= 0.6 is 0 Å². The zero-order chi connectivity index (χ0) is 23.1. The molecule has 0 unspecified atom stereocenters. The van der Waals surface area contributed by atoms with Crippen LogP contribution in [0, 0.1) is 19.7 Å². The van der Waals surface area contributed by atoms with E-state index in [9.17, 15) is 9.18 Å². The summed E-state index contributed by atoms with van der Waals surface area (Å²) in [6.45, 7) is 10.5. The van der Waals surface area contributed by atoms with E-state index in [-0.39, 0.29) is 11.7 Å². The fraction of sp³-hybridized carbons (Fsp3) is 0.333. The zero-order valence-corrected chi connectivity index (χ0v) is 19.4. The Morgan fingerprint density at radius 3 is 2.22 bits per heavy atom. The Bertz CT molecular complexity index is 1030. The number of amides is 1. The van der Waals surface area contributed by atoms with E-state index in [2.05, 4.69) is 23.7 Å².